The summed E-state index contributed by atoms with van der Waals surface area (Å²) in [5.41, 5.74) is 1.11. The number of rotatable bonds is 5. The van der Waals surface area contributed by atoms with E-state index in [1.165, 1.54) is 0 Å². The van der Waals surface area contributed by atoms with E-state index in [-0.39, 0.29) is 11.7 Å². The summed E-state index contributed by atoms with van der Waals surface area (Å²) in [7, 11) is 0. The van der Waals surface area contributed by atoms with Crippen molar-refractivity contribution in [1.29, 1.82) is 5.26 Å². The lowest BCUT2D eigenvalue weighted by molar-refractivity contribution is -0.139. The van der Waals surface area contributed by atoms with Crippen LogP contribution in [0.1, 0.15) is 37.7 Å². The summed E-state index contributed by atoms with van der Waals surface area (Å²) in [6, 6.07) is 5.35. The highest BCUT2D eigenvalue weighted by molar-refractivity contribution is 6.04. The third-order valence-electron chi connectivity index (χ3n) is 4.13. The van der Waals surface area contributed by atoms with Crippen LogP contribution in [-0.2, 0) is 15.8 Å². The van der Waals surface area contributed by atoms with Crippen LogP contribution in [0.25, 0.3) is 0 Å². The van der Waals surface area contributed by atoms with Crippen molar-refractivity contribution in [1.82, 2.24) is 5.48 Å². The second kappa shape index (κ2) is 8.01. The standard InChI is InChI=1S/C17H17F3N2O3/c18-17(19,20)12-6-8-13(9-7-12)25-22-16(24)14(10-21)15(23)11-4-2-1-3-5-11/h6-9,11,14H,1-5H2,(H,22,24). The molecule has 0 aromatic heterocycles. The van der Waals surface area contributed by atoms with E-state index >= 15 is 0 Å². The SMILES string of the molecule is N#CC(C(=O)NOc1ccc(C(F)(F)F)cc1)C(=O)C1CCCCC1. The Bertz CT molecular complexity index is 659. The van der Waals surface area contributed by atoms with Gasteiger partial charge in [0.1, 0.15) is 0 Å². The van der Waals surface area contributed by atoms with Gasteiger partial charge in [-0.15, -0.1) is 0 Å². The smallest absolute Gasteiger partial charge is 0.379 e. The van der Waals surface area contributed by atoms with E-state index < -0.39 is 29.3 Å². The Morgan fingerprint density at radius 1 is 1.16 bits per heavy atom. The molecule has 1 atom stereocenters. The van der Waals surface area contributed by atoms with Gasteiger partial charge < -0.3 is 4.84 Å². The average molecular weight is 354 g/mol. The van der Waals surface area contributed by atoms with Gasteiger partial charge in [-0.25, -0.2) is 0 Å². The van der Waals surface area contributed by atoms with Crippen molar-refractivity contribution in [3.8, 4) is 11.8 Å². The molecule has 1 aromatic rings. The lowest BCUT2D eigenvalue weighted by Gasteiger charge is -2.21. The van der Waals surface area contributed by atoms with Gasteiger partial charge in [0.25, 0.3) is 5.91 Å². The van der Waals surface area contributed by atoms with Crippen LogP contribution in [0.5, 0.6) is 5.75 Å². The Labute approximate surface area is 142 Å². The summed E-state index contributed by atoms with van der Waals surface area (Å²) in [5.74, 6) is -3.19. The number of alkyl halides is 3. The van der Waals surface area contributed by atoms with Gasteiger partial charge in [-0.3, -0.25) is 9.59 Å². The average Bonchev–Trinajstić information content (AvgIpc) is 2.61. The fraction of sp³-hybridized carbons (Fsp3) is 0.471. The Kier molecular flexibility index (Phi) is 6.02. The predicted octanol–water partition coefficient (Wildman–Crippen LogP) is 3.40. The van der Waals surface area contributed by atoms with Gasteiger partial charge in [-0.1, -0.05) is 19.3 Å². The lowest BCUT2D eigenvalue weighted by atomic mass is 9.82. The second-order valence-electron chi connectivity index (χ2n) is 5.89. The van der Waals surface area contributed by atoms with Gasteiger partial charge in [-0.2, -0.15) is 23.9 Å². The topological polar surface area (TPSA) is 79.2 Å². The van der Waals surface area contributed by atoms with Crippen molar-refractivity contribution in [2.24, 2.45) is 11.8 Å². The highest BCUT2D eigenvalue weighted by atomic mass is 19.4. The van der Waals surface area contributed by atoms with Crippen LogP contribution in [0.3, 0.4) is 0 Å². The van der Waals surface area contributed by atoms with Gasteiger partial charge in [0.2, 0.25) is 0 Å². The Hall–Kier alpha value is -2.56. The summed E-state index contributed by atoms with van der Waals surface area (Å²) in [4.78, 5) is 29.2. The van der Waals surface area contributed by atoms with Crippen LogP contribution >= 0.6 is 0 Å². The van der Waals surface area contributed by atoms with Crippen LogP contribution in [0.15, 0.2) is 24.3 Å². The number of nitriles is 1. The fourth-order valence-electron chi connectivity index (χ4n) is 2.75. The molecule has 25 heavy (non-hydrogen) atoms. The van der Waals surface area contributed by atoms with Gasteiger partial charge >= 0.3 is 6.18 Å². The molecule has 0 bridgehead atoms. The minimum Gasteiger partial charge on any atom is -0.379 e. The molecule has 0 spiro atoms. The number of hydrogen-bond acceptors (Lipinski definition) is 4. The molecular weight excluding hydrogens is 337 g/mol. The number of Topliss-reactive ketones (excluding diaryl/α,β-unsaturated/α-hetero) is 1. The van der Waals surface area contributed by atoms with Crippen molar-refractivity contribution in [3.63, 3.8) is 0 Å². The van der Waals surface area contributed by atoms with E-state index in [1.807, 2.05) is 5.48 Å². The first-order chi connectivity index (χ1) is 11.8. The Morgan fingerprint density at radius 3 is 2.28 bits per heavy atom. The van der Waals surface area contributed by atoms with Crippen molar-refractivity contribution < 1.29 is 27.6 Å². The Balaban J connectivity index is 1.93. The minimum absolute atomic E-state index is 0.0387. The number of halogens is 3. The molecule has 0 saturated heterocycles. The predicted molar refractivity (Wildman–Crippen MR) is 80.9 cm³/mol. The normalized spacial score (nSPS) is 16.6. The summed E-state index contributed by atoms with van der Waals surface area (Å²) >= 11 is 0. The summed E-state index contributed by atoms with van der Waals surface area (Å²) in [6.45, 7) is 0. The first kappa shape index (κ1) is 18.8. The number of hydroxylamine groups is 1. The number of ketones is 1. The molecular formula is C17H17F3N2O3. The molecule has 1 amide bonds. The summed E-state index contributed by atoms with van der Waals surface area (Å²) in [6.07, 6.45) is -0.352. The highest BCUT2D eigenvalue weighted by Gasteiger charge is 2.33. The first-order valence-electron chi connectivity index (χ1n) is 7.90. The van der Waals surface area contributed by atoms with E-state index in [2.05, 4.69) is 0 Å². The molecule has 8 heteroatoms. The quantitative estimate of drug-likeness (QED) is 0.649. The maximum absolute atomic E-state index is 12.5. The molecule has 1 aliphatic carbocycles. The molecule has 2 rings (SSSR count). The molecule has 5 nitrogen and oxygen atoms in total. The molecule has 1 N–H and O–H groups in total. The minimum atomic E-state index is -4.47. The number of nitrogens with one attached hydrogen (secondary N) is 1. The molecule has 134 valence electrons. The molecule has 1 fully saturated rings. The van der Waals surface area contributed by atoms with Gasteiger partial charge in [0, 0.05) is 5.92 Å². The third kappa shape index (κ3) is 4.95. The van der Waals surface area contributed by atoms with Crippen molar-refractivity contribution in [2.45, 2.75) is 38.3 Å². The maximum Gasteiger partial charge on any atom is 0.416 e. The molecule has 1 aromatic carbocycles. The molecule has 0 radical (unpaired) electrons. The van der Waals surface area contributed by atoms with Gasteiger partial charge in [-0.05, 0) is 37.1 Å². The van der Waals surface area contributed by atoms with Crippen molar-refractivity contribution in [3.05, 3.63) is 29.8 Å². The number of benzene rings is 1. The van der Waals surface area contributed by atoms with E-state index in [0.29, 0.717) is 12.8 Å². The van der Waals surface area contributed by atoms with Gasteiger partial charge in [0.05, 0.1) is 11.6 Å². The highest BCUT2D eigenvalue weighted by Crippen LogP contribution is 2.30. The zero-order valence-corrected chi connectivity index (χ0v) is 13.3. The zero-order chi connectivity index (χ0) is 18.4. The van der Waals surface area contributed by atoms with E-state index in [9.17, 15) is 22.8 Å². The number of carbonyl (C=O) groups is 2. The van der Waals surface area contributed by atoms with E-state index in [1.54, 1.807) is 6.07 Å². The lowest BCUT2D eigenvalue weighted by Crippen LogP contribution is -2.39. The molecule has 1 saturated carbocycles. The van der Waals surface area contributed by atoms with Crippen LogP contribution in [-0.4, -0.2) is 11.7 Å². The Morgan fingerprint density at radius 2 is 1.76 bits per heavy atom. The first-order valence-corrected chi connectivity index (χ1v) is 7.90. The maximum atomic E-state index is 12.5. The number of hydrogen-bond donors (Lipinski definition) is 1. The monoisotopic (exact) mass is 354 g/mol. The molecule has 1 aliphatic rings. The number of nitrogens with zero attached hydrogens (tertiary/aromatic N) is 1. The summed E-state index contributed by atoms with van der Waals surface area (Å²) in [5, 5.41) is 9.11. The molecule has 0 aliphatic heterocycles. The van der Waals surface area contributed by atoms with Crippen LogP contribution in [0.4, 0.5) is 13.2 Å². The number of carbonyl (C=O) groups excluding carboxylic acids is 2. The third-order valence-corrected chi connectivity index (χ3v) is 4.13. The van der Waals surface area contributed by atoms with E-state index in [4.69, 9.17) is 10.1 Å². The molecule has 0 heterocycles. The molecule has 1 unspecified atom stereocenters. The largest absolute Gasteiger partial charge is 0.416 e. The van der Waals surface area contributed by atoms with Crippen LogP contribution in [0, 0.1) is 23.2 Å². The van der Waals surface area contributed by atoms with Crippen LogP contribution < -0.4 is 10.3 Å². The fourth-order valence-corrected chi connectivity index (χ4v) is 2.75. The van der Waals surface area contributed by atoms with Crippen LogP contribution in [0.2, 0.25) is 0 Å². The van der Waals surface area contributed by atoms with Crippen molar-refractivity contribution in [2.75, 3.05) is 0 Å². The van der Waals surface area contributed by atoms with Gasteiger partial charge in [0.15, 0.2) is 17.5 Å². The van der Waals surface area contributed by atoms with Crippen molar-refractivity contribution >= 4 is 11.7 Å². The second-order valence-corrected chi connectivity index (χ2v) is 5.89. The van der Waals surface area contributed by atoms with E-state index in [0.717, 1.165) is 43.5 Å². The number of amides is 1. The zero-order valence-electron chi connectivity index (χ0n) is 13.3. The summed E-state index contributed by atoms with van der Waals surface area (Å²) < 4.78 is 37.4.